The van der Waals surface area contributed by atoms with Crippen molar-refractivity contribution < 1.29 is 19.1 Å². The van der Waals surface area contributed by atoms with Crippen LogP contribution in [0.2, 0.25) is 10.0 Å². The maximum absolute atomic E-state index is 11.9. The smallest absolute Gasteiger partial charge is 0.276 e. The summed E-state index contributed by atoms with van der Waals surface area (Å²) >= 11 is 12.0. The largest absolute Gasteiger partial charge is 0.493 e. The van der Waals surface area contributed by atoms with Gasteiger partial charge in [0, 0.05) is 10.0 Å². The molecule has 2 aromatic rings. The number of methoxy groups -OCH3 is 1. The van der Waals surface area contributed by atoms with Crippen molar-refractivity contribution in [2.75, 3.05) is 13.7 Å². The van der Waals surface area contributed by atoms with E-state index in [0.29, 0.717) is 27.1 Å². The van der Waals surface area contributed by atoms with Crippen molar-refractivity contribution in [3.8, 4) is 11.5 Å². The molecule has 0 bridgehead atoms. The number of hydrazine groups is 1. The molecular formula is C17H16Cl2N2O4. The second kappa shape index (κ2) is 9.15. The Morgan fingerprint density at radius 2 is 1.52 bits per heavy atom. The van der Waals surface area contributed by atoms with E-state index in [1.807, 2.05) is 0 Å². The number of carbonyl (C=O) groups excluding carboxylic acids is 2. The third kappa shape index (κ3) is 5.55. The van der Waals surface area contributed by atoms with Gasteiger partial charge in [0.15, 0.2) is 18.1 Å². The standard InChI is InChI=1S/C17H16Cl2N2O4/c1-24-14-7-2-3-8-15(14)25-10-17(23)21-20-16(22)9-11-12(18)5-4-6-13(11)19/h2-8H,9-10H2,1H3,(H,20,22)(H,21,23). The number of hydrogen-bond acceptors (Lipinski definition) is 4. The maximum atomic E-state index is 11.9. The van der Waals surface area contributed by atoms with Gasteiger partial charge in [-0.15, -0.1) is 0 Å². The van der Waals surface area contributed by atoms with Gasteiger partial charge in [-0.25, -0.2) is 0 Å². The van der Waals surface area contributed by atoms with Gasteiger partial charge in [0.05, 0.1) is 13.5 Å². The number of benzene rings is 2. The SMILES string of the molecule is COc1ccccc1OCC(=O)NNC(=O)Cc1c(Cl)cccc1Cl. The highest BCUT2D eigenvalue weighted by molar-refractivity contribution is 6.36. The molecule has 0 saturated heterocycles. The minimum Gasteiger partial charge on any atom is -0.493 e. The molecule has 8 heteroatoms. The summed E-state index contributed by atoms with van der Waals surface area (Å²) in [5, 5.41) is 0.766. The molecule has 25 heavy (non-hydrogen) atoms. The Kier molecular flexibility index (Phi) is 6.91. The van der Waals surface area contributed by atoms with Crippen LogP contribution in [0.25, 0.3) is 0 Å². The fourth-order valence-corrected chi connectivity index (χ4v) is 2.49. The number of ether oxygens (including phenoxy) is 2. The van der Waals surface area contributed by atoms with Crippen LogP contribution in [0.15, 0.2) is 42.5 Å². The lowest BCUT2D eigenvalue weighted by molar-refractivity contribution is -0.129. The second-order valence-corrected chi connectivity index (χ2v) is 5.73. The number of amides is 2. The highest BCUT2D eigenvalue weighted by atomic mass is 35.5. The molecule has 0 spiro atoms. The van der Waals surface area contributed by atoms with Crippen LogP contribution in [0, 0.1) is 0 Å². The van der Waals surface area contributed by atoms with Crippen LogP contribution in [0.4, 0.5) is 0 Å². The van der Waals surface area contributed by atoms with Crippen molar-refractivity contribution in [1.82, 2.24) is 10.9 Å². The van der Waals surface area contributed by atoms with Crippen LogP contribution in [0.5, 0.6) is 11.5 Å². The maximum Gasteiger partial charge on any atom is 0.276 e. The van der Waals surface area contributed by atoms with Gasteiger partial charge in [0.1, 0.15) is 0 Å². The predicted octanol–water partition coefficient (Wildman–Crippen LogP) is 2.77. The lowest BCUT2D eigenvalue weighted by Crippen LogP contribution is -2.44. The monoisotopic (exact) mass is 382 g/mol. The minimum atomic E-state index is -0.524. The van der Waals surface area contributed by atoms with Crippen LogP contribution >= 0.6 is 23.2 Å². The number of hydrogen-bond donors (Lipinski definition) is 2. The fourth-order valence-electron chi connectivity index (χ4n) is 1.96. The summed E-state index contributed by atoms with van der Waals surface area (Å²) in [5.41, 5.74) is 5.03. The molecule has 2 amide bonds. The molecule has 0 aromatic heterocycles. The van der Waals surface area contributed by atoms with E-state index in [4.69, 9.17) is 32.7 Å². The van der Waals surface area contributed by atoms with Crippen molar-refractivity contribution in [1.29, 1.82) is 0 Å². The molecule has 0 aliphatic carbocycles. The summed E-state index contributed by atoms with van der Waals surface area (Å²) in [4.78, 5) is 23.7. The van der Waals surface area contributed by atoms with Gasteiger partial charge in [-0.3, -0.25) is 20.4 Å². The van der Waals surface area contributed by atoms with Gasteiger partial charge in [0.2, 0.25) is 5.91 Å². The third-order valence-corrected chi connectivity index (χ3v) is 3.88. The number of nitrogens with one attached hydrogen (secondary N) is 2. The molecule has 0 aliphatic rings. The minimum absolute atomic E-state index is 0.0633. The number of carbonyl (C=O) groups is 2. The first-order valence-electron chi connectivity index (χ1n) is 7.27. The predicted molar refractivity (Wildman–Crippen MR) is 94.9 cm³/mol. The van der Waals surface area contributed by atoms with Crippen LogP contribution < -0.4 is 20.3 Å². The molecular weight excluding hydrogens is 367 g/mol. The van der Waals surface area contributed by atoms with Gasteiger partial charge >= 0.3 is 0 Å². The van der Waals surface area contributed by atoms with Gasteiger partial charge in [-0.05, 0) is 29.8 Å². The molecule has 2 rings (SSSR count). The van der Waals surface area contributed by atoms with Gasteiger partial charge in [-0.1, -0.05) is 41.4 Å². The van der Waals surface area contributed by atoms with Crippen LogP contribution in [-0.4, -0.2) is 25.5 Å². The van der Waals surface area contributed by atoms with E-state index in [0.717, 1.165) is 0 Å². The first-order valence-corrected chi connectivity index (χ1v) is 8.03. The van der Waals surface area contributed by atoms with E-state index in [2.05, 4.69) is 10.9 Å². The fraction of sp³-hybridized carbons (Fsp3) is 0.176. The zero-order chi connectivity index (χ0) is 18.2. The molecule has 0 heterocycles. The normalized spacial score (nSPS) is 10.0. The lowest BCUT2D eigenvalue weighted by Gasteiger charge is -2.11. The Morgan fingerprint density at radius 1 is 0.920 bits per heavy atom. The van der Waals surface area contributed by atoms with Crippen LogP contribution in [-0.2, 0) is 16.0 Å². The van der Waals surface area contributed by atoms with E-state index in [-0.39, 0.29) is 13.0 Å². The summed E-state index contributed by atoms with van der Waals surface area (Å²) < 4.78 is 10.5. The molecule has 0 atom stereocenters. The van der Waals surface area contributed by atoms with Crippen molar-refractivity contribution >= 4 is 35.0 Å². The third-order valence-electron chi connectivity index (χ3n) is 3.17. The molecule has 132 valence electrons. The first kappa shape index (κ1) is 18.9. The molecule has 0 unspecified atom stereocenters. The number of para-hydroxylation sites is 2. The number of rotatable bonds is 6. The molecule has 0 aliphatic heterocycles. The summed E-state index contributed by atoms with van der Waals surface area (Å²) in [7, 11) is 1.50. The molecule has 0 radical (unpaired) electrons. The average molecular weight is 383 g/mol. The molecule has 2 aromatic carbocycles. The van der Waals surface area contributed by atoms with E-state index in [1.54, 1.807) is 42.5 Å². The van der Waals surface area contributed by atoms with Crippen LogP contribution in [0.1, 0.15) is 5.56 Å². The van der Waals surface area contributed by atoms with E-state index >= 15 is 0 Å². The van der Waals surface area contributed by atoms with Crippen molar-refractivity contribution in [2.45, 2.75) is 6.42 Å². The van der Waals surface area contributed by atoms with E-state index in [1.165, 1.54) is 7.11 Å². The van der Waals surface area contributed by atoms with Gasteiger partial charge in [-0.2, -0.15) is 0 Å². The Labute approximate surface area is 155 Å². The van der Waals surface area contributed by atoms with E-state index < -0.39 is 11.8 Å². The topological polar surface area (TPSA) is 76.7 Å². The molecule has 6 nitrogen and oxygen atoms in total. The summed E-state index contributed by atoms with van der Waals surface area (Å²) in [6, 6.07) is 11.9. The summed E-state index contributed by atoms with van der Waals surface area (Å²) in [6.07, 6.45) is -0.0633. The van der Waals surface area contributed by atoms with Gasteiger partial charge in [0.25, 0.3) is 5.91 Å². The first-order chi connectivity index (χ1) is 12.0. The average Bonchev–Trinajstić information content (AvgIpc) is 2.61. The molecule has 0 fully saturated rings. The Bertz CT molecular complexity index is 748. The van der Waals surface area contributed by atoms with Crippen molar-refractivity contribution in [3.63, 3.8) is 0 Å². The highest BCUT2D eigenvalue weighted by Gasteiger charge is 2.12. The quantitative estimate of drug-likeness (QED) is 0.753. The van der Waals surface area contributed by atoms with E-state index in [9.17, 15) is 9.59 Å². The molecule has 0 saturated carbocycles. The van der Waals surface area contributed by atoms with Crippen LogP contribution in [0.3, 0.4) is 0 Å². The highest BCUT2D eigenvalue weighted by Crippen LogP contribution is 2.25. The van der Waals surface area contributed by atoms with Gasteiger partial charge < -0.3 is 9.47 Å². The summed E-state index contributed by atoms with van der Waals surface area (Å²) in [6.45, 7) is -0.284. The Hall–Kier alpha value is -2.44. The zero-order valence-electron chi connectivity index (χ0n) is 13.3. The Morgan fingerprint density at radius 3 is 2.16 bits per heavy atom. The lowest BCUT2D eigenvalue weighted by atomic mass is 10.1. The Balaban J connectivity index is 1.80. The second-order valence-electron chi connectivity index (χ2n) is 4.91. The number of halogens is 2. The van der Waals surface area contributed by atoms with Crippen molar-refractivity contribution in [2.24, 2.45) is 0 Å². The van der Waals surface area contributed by atoms with Crippen molar-refractivity contribution in [3.05, 3.63) is 58.1 Å². The summed E-state index contributed by atoms with van der Waals surface area (Å²) in [5.74, 6) is -0.0489. The molecule has 2 N–H and O–H groups in total. The zero-order valence-corrected chi connectivity index (χ0v) is 14.9.